The SMILES string of the molecule is Cc1cc(F)ccc1I. The molecule has 0 fully saturated rings. The van der Waals surface area contributed by atoms with Gasteiger partial charge < -0.3 is 0 Å². The van der Waals surface area contributed by atoms with Crippen molar-refractivity contribution in [2.45, 2.75) is 6.92 Å². The van der Waals surface area contributed by atoms with Gasteiger partial charge >= 0.3 is 0 Å². The van der Waals surface area contributed by atoms with E-state index in [0.717, 1.165) is 9.13 Å². The Labute approximate surface area is 67.2 Å². The molecule has 0 nitrogen and oxygen atoms in total. The number of hydrogen-bond donors (Lipinski definition) is 0. The molecule has 0 heterocycles. The molecule has 1 aromatic rings. The molecule has 1 rings (SSSR count). The second kappa shape index (κ2) is 2.64. The molecule has 1 aromatic carbocycles. The molecule has 0 saturated heterocycles. The van der Waals surface area contributed by atoms with Gasteiger partial charge in [0.25, 0.3) is 0 Å². The first-order chi connectivity index (χ1) is 4.20. The van der Waals surface area contributed by atoms with Crippen molar-refractivity contribution in [2.24, 2.45) is 0 Å². The van der Waals surface area contributed by atoms with Crippen LogP contribution in [-0.2, 0) is 0 Å². The van der Waals surface area contributed by atoms with Crippen LogP contribution in [0, 0.1) is 16.3 Å². The fourth-order valence-electron chi connectivity index (χ4n) is 0.608. The van der Waals surface area contributed by atoms with Crippen molar-refractivity contribution in [3.63, 3.8) is 0 Å². The molecule has 0 radical (unpaired) electrons. The van der Waals surface area contributed by atoms with E-state index in [9.17, 15) is 4.39 Å². The van der Waals surface area contributed by atoms with E-state index in [2.05, 4.69) is 22.6 Å². The highest BCUT2D eigenvalue weighted by atomic mass is 127. The Balaban J connectivity index is 3.17. The van der Waals surface area contributed by atoms with Crippen molar-refractivity contribution in [3.8, 4) is 0 Å². The van der Waals surface area contributed by atoms with Gasteiger partial charge in [-0.2, -0.15) is 0 Å². The van der Waals surface area contributed by atoms with E-state index in [1.807, 2.05) is 6.92 Å². The summed E-state index contributed by atoms with van der Waals surface area (Å²) in [5.41, 5.74) is 0.996. The molecule has 0 amide bonds. The standard InChI is InChI=1S/C7H6FI/c1-5-4-6(8)2-3-7(5)9/h2-4H,1H3. The van der Waals surface area contributed by atoms with Crippen molar-refractivity contribution in [1.82, 2.24) is 0 Å². The minimum absolute atomic E-state index is 0.159. The lowest BCUT2D eigenvalue weighted by atomic mass is 10.2. The molecular weight excluding hydrogens is 230 g/mol. The van der Waals surface area contributed by atoms with Gasteiger partial charge in [0.1, 0.15) is 5.82 Å². The van der Waals surface area contributed by atoms with Crippen LogP contribution in [0.2, 0.25) is 0 Å². The second-order valence-corrected chi connectivity index (χ2v) is 3.06. The van der Waals surface area contributed by atoms with Gasteiger partial charge in [-0.3, -0.25) is 0 Å². The van der Waals surface area contributed by atoms with Crippen LogP contribution in [0.15, 0.2) is 18.2 Å². The third-order valence-corrected chi connectivity index (χ3v) is 2.33. The highest BCUT2D eigenvalue weighted by molar-refractivity contribution is 14.1. The van der Waals surface area contributed by atoms with Crippen LogP contribution < -0.4 is 0 Å². The topological polar surface area (TPSA) is 0 Å². The first kappa shape index (κ1) is 6.99. The Bertz CT molecular complexity index is 220. The summed E-state index contributed by atoms with van der Waals surface area (Å²) in [5.74, 6) is -0.159. The molecule has 0 spiro atoms. The molecule has 2 heteroatoms. The normalized spacial score (nSPS) is 9.67. The van der Waals surface area contributed by atoms with Crippen LogP contribution in [0.3, 0.4) is 0 Å². The van der Waals surface area contributed by atoms with Gasteiger partial charge in [0, 0.05) is 3.57 Å². The van der Waals surface area contributed by atoms with E-state index in [1.54, 1.807) is 6.07 Å². The van der Waals surface area contributed by atoms with Crippen molar-refractivity contribution in [1.29, 1.82) is 0 Å². The van der Waals surface area contributed by atoms with E-state index in [0.29, 0.717) is 0 Å². The number of aryl methyl sites for hydroxylation is 1. The predicted octanol–water partition coefficient (Wildman–Crippen LogP) is 2.74. The molecule has 0 bridgehead atoms. The number of rotatable bonds is 0. The Morgan fingerprint density at radius 3 is 2.56 bits per heavy atom. The fraction of sp³-hybridized carbons (Fsp3) is 0.143. The second-order valence-electron chi connectivity index (χ2n) is 1.89. The van der Waals surface area contributed by atoms with Gasteiger partial charge in [-0.25, -0.2) is 4.39 Å². The summed E-state index contributed by atoms with van der Waals surface area (Å²) in [4.78, 5) is 0. The van der Waals surface area contributed by atoms with Crippen LogP contribution >= 0.6 is 22.6 Å². The summed E-state index contributed by atoms with van der Waals surface area (Å²) < 4.78 is 13.4. The maximum Gasteiger partial charge on any atom is 0.123 e. The van der Waals surface area contributed by atoms with E-state index in [-0.39, 0.29) is 5.82 Å². The van der Waals surface area contributed by atoms with Gasteiger partial charge in [0.15, 0.2) is 0 Å². The first-order valence-corrected chi connectivity index (χ1v) is 3.69. The first-order valence-electron chi connectivity index (χ1n) is 2.62. The van der Waals surface area contributed by atoms with Gasteiger partial charge in [-0.15, -0.1) is 0 Å². The minimum atomic E-state index is -0.159. The Hall–Kier alpha value is -0.120. The zero-order chi connectivity index (χ0) is 6.85. The summed E-state index contributed by atoms with van der Waals surface area (Å²) in [6.07, 6.45) is 0. The number of benzene rings is 1. The zero-order valence-corrected chi connectivity index (χ0v) is 7.15. The number of halogens is 2. The summed E-state index contributed by atoms with van der Waals surface area (Å²) in [5, 5.41) is 0. The lowest BCUT2D eigenvalue weighted by molar-refractivity contribution is 0.626. The molecule has 9 heavy (non-hydrogen) atoms. The molecule has 0 aliphatic rings. The van der Waals surface area contributed by atoms with E-state index >= 15 is 0 Å². The summed E-state index contributed by atoms with van der Waals surface area (Å²) in [7, 11) is 0. The summed E-state index contributed by atoms with van der Waals surface area (Å²) in [6, 6.07) is 4.77. The molecule has 0 atom stereocenters. The minimum Gasteiger partial charge on any atom is -0.207 e. The Morgan fingerprint density at radius 1 is 1.44 bits per heavy atom. The quantitative estimate of drug-likeness (QED) is 0.607. The van der Waals surface area contributed by atoms with Crippen LogP contribution in [0.5, 0.6) is 0 Å². The predicted molar refractivity (Wildman–Crippen MR) is 43.9 cm³/mol. The molecular formula is C7H6FI. The van der Waals surface area contributed by atoms with E-state index in [1.165, 1.54) is 12.1 Å². The molecule has 48 valence electrons. The van der Waals surface area contributed by atoms with E-state index < -0.39 is 0 Å². The third-order valence-electron chi connectivity index (χ3n) is 1.12. The summed E-state index contributed by atoms with van der Waals surface area (Å²) >= 11 is 2.17. The lowest BCUT2D eigenvalue weighted by Gasteiger charge is -1.94. The van der Waals surface area contributed by atoms with Crippen LogP contribution in [-0.4, -0.2) is 0 Å². The van der Waals surface area contributed by atoms with Crippen molar-refractivity contribution < 1.29 is 4.39 Å². The summed E-state index contributed by atoms with van der Waals surface area (Å²) in [6.45, 7) is 1.89. The number of hydrogen-bond acceptors (Lipinski definition) is 0. The maximum absolute atomic E-state index is 12.3. The van der Waals surface area contributed by atoms with Gasteiger partial charge in [0.2, 0.25) is 0 Å². The molecule has 0 aromatic heterocycles. The highest BCUT2D eigenvalue weighted by Gasteiger charge is 1.93. The van der Waals surface area contributed by atoms with Gasteiger partial charge in [-0.05, 0) is 53.3 Å². The fourth-order valence-corrected chi connectivity index (χ4v) is 0.944. The zero-order valence-electron chi connectivity index (χ0n) is 4.99. The van der Waals surface area contributed by atoms with Crippen molar-refractivity contribution >= 4 is 22.6 Å². The molecule has 0 saturated carbocycles. The molecule has 0 aliphatic heterocycles. The van der Waals surface area contributed by atoms with Crippen LogP contribution in [0.25, 0.3) is 0 Å². The lowest BCUT2D eigenvalue weighted by Crippen LogP contribution is -1.80. The van der Waals surface area contributed by atoms with E-state index in [4.69, 9.17) is 0 Å². The largest absolute Gasteiger partial charge is 0.207 e. The molecule has 0 N–H and O–H groups in total. The smallest absolute Gasteiger partial charge is 0.123 e. The Kier molecular flexibility index (Phi) is 2.05. The Morgan fingerprint density at radius 2 is 2.11 bits per heavy atom. The maximum atomic E-state index is 12.3. The average molecular weight is 236 g/mol. The van der Waals surface area contributed by atoms with Crippen molar-refractivity contribution in [2.75, 3.05) is 0 Å². The van der Waals surface area contributed by atoms with Crippen molar-refractivity contribution in [3.05, 3.63) is 33.1 Å². The molecule has 0 aliphatic carbocycles. The monoisotopic (exact) mass is 236 g/mol. The average Bonchev–Trinajstić information content (AvgIpc) is 1.80. The van der Waals surface area contributed by atoms with Crippen LogP contribution in [0.4, 0.5) is 4.39 Å². The van der Waals surface area contributed by atoms with Gasteiger partial charge in [0.05, 0.1) is 0 Å². The van der Waals surface area contributed by atoms with Gasteiger partial charge in [-0.1, -0.05) is 0 Å². The highest BCUT2D eigenvalue weighted by Crippen LogP contribution is 2.11. The van der Waals surface area contributed by atoms with Crippen LogP contribution in [0.1, 0.15) is 5.56 Å². The third kappa shape index (κ3) is 1.64. The molecule has 0 unspecified atom stereocenters.